The van der Waals surface area contributed by atoms with Gasteiger partial charge in [-0.25, -0.2) is 9.78 Å². The Kier molecular flexibility index (Phi) is 3.80. The maximum Gasteiger partial charge on any atom is 0.315 e. The zero-order valence-corrected chi connectivity index (χ0v) is 9.33. The van der Waals surface area contributed by atoms with Crippen LogP contribution in [0.1, 0.15) is 31.5 Å². The number of nitrogens with zero attached hydrogens (tertiary/aromatic N) is 1. The van der Waals surface area contributed by atoms with E-state index < -0.39 is 0 Å². The summed E-state index contributed by atoms with van der Waals surface area (Å²) in [5.74, 6) is 0.973. The van der Waals surface area contributed by atoms with E-state index in [0.717, 1.165) is 31.5 Å². The van der Waals surface area contributed by atoms with Crippen LogP contribution in [0.15, 0.2) is 12.4 Å². The minimum Gasteiger partial charge on any atom is -0.349 e. The van der Waals surface area contributed by atoms with Gasteiger partial charge in [0.15, 0.2) is 0 Å². The Morgan fingerprint density at radius 2 is 2.44 bits per heavy atom. The summed E-state index contributed by atoms with van der Waals surface area (Å²) in [6.45, 7) is 0.694. The summed E-state index contributed by atoms with van der Waals surface area (Å²) in [5, 5.41) is 5.79. The Bertz CT molecular complexity index is 319. The Hall–Kier alpha value is -1.52. The Labute approximate surface area is 95.0 Å². The molecule has 0 spiro atoms. The quantitative estimate of drug-likeness (QED) is 0.655. The largest absolute Gasteiger partial charge is 0.349 e. The highest BCUT2D eigenvalue weighted by Gasteiger charge is 2.18. The summed E-state index contributed by atoms with van der Waals surface area (Å²) in [5.41, 5.74) is 0. The number of hydrogen-bond acceptors (Lipinski definition) is 2. The van der Waals surface area contributed by atoms with E-state index in [-0.39, 0.29) is 6.03 Å². The molecule has 16 heavy (non-hydrogen) atoms. The molecule has 1 aliphatic carbocycles. The molecule has 0 aliphatic heterocycles. The van der Waals surface area contributed by atoms with Gasteiger partial charge in [0.05, 0.1) is 0 Å². The van der Waals surface area contributed by atoms with Crippen molar-refractivity contribution in [3.63, 3.8) is 0 Å². The fraction of sp³-hybridized carbons (Fsp3) is 0.636. The van der Waals surface area contributed by atoms with Crippen LogP contribution in [-0.4, -0.2) is 28.6 Å². The first-order chi connectivity index (χ1) is 7.84. The molecule has 1 fully saturated rings. The number of aryl methyl sites for hydroxylation is 1. The molecule has 1 aromatic rings. The number of carbonyl (C=O) groups excluding carboxylic acids is 1. The van der Waals surface area contributed by atoms with E-state index in [1.54, 1.807) is 6.20 Å². The Morgan fingerprint density at radius 3 is 3.06 bits per heavy atom. The van der Waals surface area contributed by atoms with Crippen molar-refractivity contribution in [2.45, 2.75) is 38.1 Å². The minimum atomic E-state index is -0.0378. The molecule has 3 N–H and O–H groups in total. The topological polar surface area (TPSA) is 69.8 Å². The lowest BCUT2D eigenvalue weighted by Crippen LogP contribution is -2.45. The summed E-state index contributed by atoms with van der Waals surface area (Å²) in [6, 6.07) is 0.370. The summed E-state index contributed by atoms with van der Waals surface area (Å²) in [4.78, 5) is 18.5. The van der Waals surface area contributed by atoms with Gasteiger partial charge in [-0.05, 0) is 25.7 Å². The van der Waals surface area contributed by atoms with Crippen LogP contribution in [0.3, 0.4) is 0 Å². The lowest BCUT2D eigenvalue weighted by atomic mass is 9.93. The predicted molar refractivity (Wildman–Crippen MR) is 61.1 cm³/mol. The van der Waals surface area contributed by atoms with E-state index in [0.29, 0.717) is 12.6 Å². The number of aromatic amines is 1. The fourth-order valence-corrected chi connectivity index (χ4v) is 1.68. The fourth-order valence-electron chi connectivity index (χ4n) is 1.68. The molecule has 5 nitrogen and oxygen atoms in total. The molecule has 0 radical (unpaired) electrons. The molecule has 5 heteroatoms. The molecule has 0 unspecified atom stereocenters. The van der Waals surface area contributed by atoms with Crippen LogP contribution in [0.5, 0.6) is 0 Å². The first kappa shape index (κ1) is 11.0. The van der Waals surface area contributed by atoms with Crippen LogP contribution in [-0.2, 0) is 6.42 Å². The Balaban J connectivity index is 1.52. The van der Waals surface area contributed by atoms with Gasteiger partial charge in [0.1, 0.15) is 5.82 Å². The van der Waals surface area contributed by atoms with Crippen molar-refractivity contribution in [1.82, 2.24) is 20.6 Å². The highest BCUT2D eigenvalue weighted by atomic mass is 16.2. The van der Waals surface area contributed by atoms with E-state index in [2.05, 4.69) is 20.6 Å². The number of carbonyl (C=O) groups is 1. The molecule has 0 aromatic carbocycles. The molecule has 0 bridgehead atoms. The second-order valence-corrected chi connectivity index (χ2v) is 4.17. The van der Waals surface area contributed by atoms with E-state index >= 15 is 0 Å². The zero-order valence-electron chi connectivity index (χ0n) is 9.33. The molecule has 2 amide bonds. The highest BCUT2D eigenvalue weighted by Crippen LogP contribution is 2.17. The highest BCUT2D eigenvalue weighted by molar-refractivity contribution is 5.74. The normalized spacial score (nSPS) is 15.5. The molecular weight excluding hydrogens is 204 g/mol. The number of imidazole rings is 1. The van der Waals surface area contributed by atoms with E-state index in [9.17, 15) is 4.79 Å². The molecule has 1 saturated carbocycles. The molecule has 1 aromatic heterocycles. The molecule has 0 atom stereocenters. The van der Waals surface area contributed by atoms with Gasteiger partial charge in [0, 0.05) is 31.4 Å². The summed E-state index contributed by atoms with van der Waals surface area (Å²) < 4.78 is 0. The number of aromatic nitrogens is 2. The number of H-pyrrole nitrogens is 1. The van der Waals surface area contributed by atoms with Gasteiger partial charge in [-0.3, -0.25) is 0 Å². The van der Waals surface area contributed by atoms with E-state index in [4.69, 9.17) is 0 Å². The van der Waals surface area contributed by atoms with Crippen molar-refractivity contribution in [3.05, 3.63) is 18.2 Å². The van der Waals surface area contributed by atoms with Gasteiger partial charge in [0.25, 0.3) is 0 Å². The summed E-state index contributed by atoms with van der Waals surface area (Å²) in [6.07, 6.45) is 8.82. The maximum atomic E-state index is 11.4. The second-order valence-electron chi connectivity index (χ2n) is 4.17. The maximum absolute atomic E-state index is 11.4. The lowest BCUT2D eigenvalue weighted by Gasteiger charge is -2.26. The number of rotatable bonds is 5. The van der Waals surface area contributed by atoms with Crippen LogP contribution < -0.4 is 10.6 Å². The van der Waals surface area contributed by atoms with Crippen LogP contribution in [0.25, 0.3) is 0 Å². The number of nitrogens with one attached hydrogen (secondary N) is 3. The van der Waals surface area contributed by atoms with Crippen molar-refractivity contribution >= 4 is 6.03 Å². The third-order valence-electron chi connectivity index (χ3n) is 2.87. The van der Waals surface area contributed by atoms with Crippen molar-refractivity contribution in [2.24, 2.45) is 0 Å². The summed E-state index contributed by atoms with van der Waals surface area (Å²) in [7, 11) is 0. The average molecular weight is 222 g/mol. The van der Waals surface area contributed by atoms with E-state index in [1.165, 1.54) is 6.42 Å². The third-order valence-corrected chi connectivity index (χ3v) is 2.87. The van der Waals surface area contributed by atoms with E-state index in [1.807, 2.05) is 6.20 Å². The smallest absolute Gasteiger partial charge is 0.315 e. The first-order valence-corrected chi connectivity index (χ1v) is 5.87. The standard InChI is InChI=1S/C11H18N4O/c16-11(15-9-3-1-4-9)14-6-2-5-10-12-7-8-13-10/h7-9H,1-6H2,(H,12,13)(H2,14,15,16). The SMILES string of the molecule is O=C(NCCCc1ncc[nH]1)NC1CCC1. The van der Waals surface area contributed by atoms with Crippen LogP contribution in [0.4, 0.5) is 4.79 Å². The minimum absolute atomic E-state index is 0.0378. The van der Waals surface area contributed by atoms with Gasteiger partial charge in [0.2, 0.25) is 0 Å². The lowest BCUT2D eigenvalue weighted by molar-refractivity contribution is 0.228. The molecular formula is C11H18N4O. The molecule has 1 heterocycles. The molecule has 1 aliphatic rings. The van der Waals surface area contributed by atoms with Gasteiger partial charge >= 0.3 is 6.03 Å². The Morgan fingerprint density at radius 1 is 1.56 bits per heavy atom. The predicted octanol–water partition coefficient (Wildman–Crippen LogP) is 1.19. The number of amides is 2. The number of urea groups is 1. The van der Waals surface area contributed by atoms with Crippen molar-refractivity contribution in [3.8, 4) is 0 Å². The van der Waals surface area contributed by atoms with Crippen LogP contribution in [0.2, 0.25) is 0 Å². The average Bonchev–Trinajstić information content (AvgIpc) is 2.71. The first-order valence-electron chi connectivity index (χ1n) is 5.87. The zero-order chi connectivity index (χ0) is 11.2. The summed E-state index contributed by atoms with van der Waals surface area (Å²) >= 11 is 0. The third kappa shape index (κ3) is 3.25. The molecule has 2 rings (SSSR count). The monoisotopic (exact) mass is 222 g/mol. The van der Waals surface area contributed by atoms with Gasteiger partial charge in [-0.2, -0.15) is 0 Å². The van der Waals surface area contributed by atoms with Crippen molar-refractivity contribution < 1.29 is 4.79 Å². The van der Waals surface area contributed by atoms with Crippen LogP contribution in [0, 0.1) is 0 Å². The van der Waals surface area contributed by atoms with Crippen LogP contribution >= 0.6 is 0 Å². The van der Waals surface area contributed by atoms with Gasteiger partial charge in [-0.15, -0.1) is 0 Å². The second kappa shape index (κ2) is 5.53. The molecule has 0 saturated heterocycles. The van der Waals surface area contributed by atoms with Crippen molar-refractivity contribution in [1.29, 1.82) is 0 Å². The van der Waals surface area contributed by atoms with Gasteiger partial charge in [-0.1, -0.05) is 0 Å². The number of hydrogen-bond donors (Lipinski definition) is 3. The molecule has 88 valence electrons. The van der Waals surface area contributed by atoms with Crippen molar-refractivity contribution in [2.75, 3.05) is 6.54 Å². The van der Waals surface area contributed by atoms with Gasteiger partial charge < -0.3 is 15.6 Å².